The molecule has 1 aliphatic rings. The van der Waals surface area contributed by atoms with Crippen molar-refractivity contribution in [2.75, 3.05) is 26.2 Å². The predicted molar refractivity (Wildman–Crippen MR) is 81.7 cm³/mol. The van der Waals surface area contributed by atoms with Gasteiger partial charge < -0.3 is 20.1 Å². The van der Waals surface area contributed by atoms with Gasteiger partial charge in [-0.15, -0.1) is 0 Å². The van der Waals surface area contributed by atoms with Crippen molar-refractivity contribution < 1.29 is 14.6 Å². The largest absolute Gasteiger partial charge is 0.490 e. The zero-order chi connectivity index (χ0) is 15.2. The van der Waals surface area contributed by atoms with E-state index in [1.165, 1.54) is 0 Å². The number of carbonyl (C=O) groups is 1. The van der Waals surface area contributed by atoms with Crippen LogP contribution in [0.25, 0.3) is 0 Å². The topological polar surface area (TPSA) is 61.8 Å². The van der Waals surface area contributed by atoms with Crippen molar-refractivity contribution in [2.24, 2.45) is 5.92 Å². The lowest BCUT2D eigenvalue weighted by molar-refractivity contribution is 0.129. The molecule has 0 saturated carbocycles. The van der Waals surface area contributed by atoms with Gasteiger partial charge in [0.25, 0.3) is 0 Å². The van der Waals surface area contributed by atoms with Crippen molar-refractivity contribution in [2.45, 2.75) is 19.4 Å². The molecule has 5 nitrogen and oxygen atoms in total. The normalized spacial score (nSPS) is 19.4. The van der Waals surface area contributed by atoms with Crippen LogP contribution in [0.15, 0.2) is 24.3 Å². The maximum Gasteiger partial charge on any atom is 0.317 e. The van der Waals surface area contributed by atoms with Crippen LogP contribution in [0.5, 0.6) is 5.75 Å². The first-order chi connectivity index (χ1) is 10.1. The van der Waals surface area contributed by atoms with Gasteiger partial charge in [-0.25, -0.2) is 4.79 Å². The third kappa shape index (κ3) is 4.51. The molecule has 0 unspecified atom stereocenters. The van der Waals surface area contributed by atoms with E-state index in [2.05, 4.69) is 5.32 Å². The monoisotopic (exact) mass is 312 g/mol. The molecule has 1 aliphatic heterocycles. The summed E-state index contributed by atoms with van der Waals surface area (Å²) in [7, 11) is 0. The number of hydrogen-bond donors (Lipinski definition) is 2. The fourth-order valence-corrected chi connectivity index (χ4v) is 2.55. The molecular formula is C15H21ClN2O3. The average Bonchev–Trinajstić information content (AvgIpc) is 2.95. The van der Waals surface area contributed by atoms with E-state index in [1.807, 2.05) is 12.1 Å². The number of benzene rings is 1. The van der Waals surface area contributed by atoms with Crippen LogP contribution in [0, 0.1) is 5.92 Å². The predicted octanol–water partition coefficient (Wildman–Crippen LogP) is 2.13. The molecule has 0 aliphatic carbocycles. The molecule has 1 heterocycles. The summed E-state index contributed by atoms with van der Waals surface area (Å²) < 4.78 is 5.50. The number of amides is 2. The smallest absolute Gasteiger partial charge is 0.317 e. The Bertz CT molecular complexity index is 482. The number of nitrogens with zero attached hydrogens (tertiary/aromatic N) is 1. The van der Waals surface area contributed by atoms with Crippen LogP contribution in [-0.4, -0.2) is 48.4 Å². The Morgan fingerprint density at radius 2 is 2.33 bits per heavy atom. The number of para-hydroxylation sites is 1. The zero-order valence-corrected chi connectivity index (χ0v) is 12.8. The van der Waals surface area contributed by atoms with Gasteiger partial charge in [-0.2, -0.15) is 0 Å². The Morgan fingerprint density at radius 3 is 3.00 bits per heavy atom. The highest BCUT2D eigenvalue weighted by Gasteiger charge is 2.28. The number of carbonyl (C=O) groups excluding carboxylic acids is 1. The van der Waals surface area contributed by atoms with Crippen molar-refractivity contribution in [1.82, 2.24) is 10.2 Å². The molecule has 1 aromatic carbocycles. The standard InChI is InChI=1S/C15H21ClN2O3/c1-11(19)12-6-8-18(10-12)15(20)17-7-9-21-14-5-3-2-4-13(14)16/h2-5,11-12,19H,6-10H2,1H3,(H,17,20)/t11-,12-/m1/s1. The van der Waals surface area contributed by atoms with Gasteiger partial charge in [-0.05, 0) is 25.5 Å². The highest BCUT2D eigenvalue weighted by atomic mass is 35.5. The molecule has 116 valence electrons. The SMILES string of the molecule is C[C@@H](O)[C@@H]1CCN(C(=O)NCCOc2ccccc2Cl)C1. The summed E-state index contributed by atoms with van der Waals surface area (Å²) in [5.41, 5.74) is 0. The van der Waals surface area contributed by atoms with E-state index in [1.54, 1.807) is 24.0 Å². The minimum Gasteiger partial charge on any atom is -0.490 e. The number of aliphatic hydroxyl groups is 1. The van der Waals surface area contributed by atoms with Gasteiger partial charge in [0.1, 0.15) is 12.4 Å². The Balaban J connectivity index is 1.67. The molecule has 1 saturated heterocycles. The van der Waals surface area contributed by atoms with Crippen molar-refractivity contribution in [1.29, 1.82) is 0 Å². The summed E-state index contributed by atoms with van der Waals surface area (Å²) >= 11 is 5.97. The van der Waals surface area contributed by atoms with Crippen LogP contribution in [0.4, 0.5) is 4.79 Å². The lowest BCUT2D eigenvalue weighted by Crippen LogP contribution is -2.40. The minimum absolute atomic E-state index is 0.110. The van der Waals surface area contributed by atoms with Gasteiger partial charge in [0.15, 0.2) is 0 Å². The molecule has 2 N–H and O–H groups in total. The summed E-state index contributed by atoms with van der Waals surface area (Å²) in [6, 6.07) is 7.12. The lowest BCUT2D eigenvalue weighted by atomic mass is 10.0. The molecule has 1 aromatic rings. The number of rotatable bonds is 5. The highest BCUT2D eigenvalue weighted by molar-refractivity contribution is 6.32. The first kappa shape index (κ1) is 15.9. The van der Waals surface area contributed by atoms with Crippen LogP contribution in [0.1, 0.15) is 13.3 Å². The van der Waals surface area contributed by atoms with Gasteiger partial charge >= 0.3 is 6.03 Å². The third-order valence-electron chi connectivity index (χ3n) is 3.67. The third-order valence-corrected chi connectivity index (χ3v) is 3.98. The lowest BCUT2D eigenvalue weighted by Gasteiger charge is -2.18. The van der Waals surface area contributed by atoms with E-state index in [4.69, 9.17) is 16.3 Å². The molecular weight excluding hydrogens is 292 g/mol. The molecule has 1 fully saturated rings. The Labute approximate surface area is 129 Å². The summed E-state index contributed by atoms with van der Waals surface area (Å²) in [5.74, 6) is 0.791. The van der Waals surface area contributed by atoms with Gasteiger partial charge in [-0.1, -0.05) is 23.7 Å². The molecule has 0 radical (unpaired) electrons. The van der Waals surface area contributed by atoms with E-state index >= 15 is 0 Å². The molecule has 2 amide bonds. The van der Waals surface area contributed by atoms with E-state index in [0.717, 1.165) is 6.42 Å². The zero-order valence-electron chi connectivity index (χ0n) is 12.1. The number of urea groups is 1. The fraction of sp³-hybridized carbons (Fsp3) is 0.533. The van der Waals surface area contributed by atoms with E-state index < -0.39 is 0 Å². The number of halogens is 1. The summed E-state index contributed by atoms with van der Waals surface area (Å²) in [6.07, 6.45) is 0.479. The number of aliphatic hydroxyl groups excluding tert-OH is 1. The van der Waals surface area contributed by atoms with E-state index in [9.17, 15) is 9.90 Å². The molecule has 6 heteroatoms. The van der Waals surface area contributed by atoms with E-state index in [0.29, 0.717) is 37.0 Å². The Morgan fingerprint density at radius 1 is 1.57 bits per heavy atom. The summed E-state index contributed by atoms with van der Waals surface area (Å²) in [5, 5.41) is 12.9. The molecule has 0 aromatic heterocycles. The number of ether oxygens (including phenoxy) is 1. The second kappa shape index (κ2) is 7.52. The van der Waals surface area contributed by atoms with Crippen molar-refractivity contribution in [3.63, 3.8) is 0 Å². The molecule has 0 bridgehead atoms. The van der Waals surface area contributed by atoms with Crippen molar-refractivity contribution in [3.05, 3.63) is 29.3 Å². The van der Waals surface area contributed by atoms with Crippen molar-refractivity contribution in [3.8, 4) is 5.75 Å². The average molecular weight is 313 g/mol. The van der Waals surface area contributed by atoms with Crippen LogP contribution < -0.4 is 10.1 Å². The molecule has 0 spiro atoms. The molecule has 21 heavy (non-hydrogen) atoms. The second-order valence-corrected chi connectivity index (χ2v) is 5.65. The van der Waals surface area contributed by atoms with Gasteiger partial charge in [0.05, 0.1) is 17.7 Å². The van der Waals surface area contributed by atoms with Crippen LogP contribution in [-0.2, 0) is 0 Å². The Hall–Kier alpha value is -1.46. The summed E-state index contributed by atoms with van der Waals surface area (Å²) in [6.45, 7) is 3.84. The van der Waals surface area contributed by atoms with Gasteiger partial charge in [-0.3, -0.25) is 0 Å². The maximum atomic E-state index is 11.9. The van der Waals surface area contributed by atoms with Crippen LogP contribution >= 0.6 is 11.6 Å². The van der Waals surface area contributed by atoms with Crippen molar-refractivity contribution >= 4 is 17.6 Å². The second-order valence-electron chi connectivity index (χ2n) is 5.25. The number of likely N-dealkylation sites (tertiary alicyclic amines) is 1. The quantitative estimate of drug-likeness (QED) is 0.819. The number of hydrogen-bond acceptors (Lipinski definition) is 3. The number of nitrogens with one attached hydrogen (secondary N) is 1. The first-order valence-corrected chi connectivity index (χ1v) is 7.54. The van der Waals surface area contributed by atoms with E-state index in [-0.39, 0.29) is 18.1 Å². The van der Waals surface area contributed by atoms with Crippen LogP contribution in [0.3, 0.4) is 0 Å². The van der Waals surface area contributed by atoms with Crippen LogP contribution in [0.2, 0.25) is 5.02 Å². The minimum atomic E-state index is -0.369. The Kier molecular flexibility index (Phi) is 5.70. The summed E-state index contributed by atoms with van der Waals surface area (Å²) in [4.78, 5) is 13.7. The fourth-order valence-electron chi connectivity index (χ4n) is 2.36. The van der Waals surface area contributed by atoms with Gasteiger partial charge in [0.2, 0.25) is 0 Å². The first-order valence-electron chi connectivity index (χ1n) is 7.16. The molecule has 2 rings (SSSR count). The maximum absolute atomic E-state index is 11.9. The molecule has 2 atom stereocenters. The van der Waals surface area contributed by atoms with Gasteiger partial charge in [0, 0.05) is 19.0 Å². The highest BCUT2D eigenvalue weighted by Crippen LogP contribution is 2.22.